The van der Waals surface area contributed by atoms with Gasteiger partial charge in [0.25, 0.3) is 0 Å². The van der Waals surface area contributed by atoms with Gasteiger partial charge in [-0.2, -0.15) is 13.5 Å². The maximum absolute atomic E-state index is 0. The average molecular weight is 560 g/mol. The van der Waals surface area contributed by atoms with E-state index in [1.54, 1.807) is 0 Å². The van der Waals surface area contributed by atoms with Gasteiger partial charge < -0.3 is 0 Å². The van der Waals surface area contributed by atoms with Gasteiger partial charge in [-0.25, -0.2) is 0 Å². The molecule has 10 heteroatoms. The molecule has 0 unspecified atom stereocenters. The summed E-state index contributed by atoms with van der Waals surface area (Å²) in [6, 6.07) is 0. The second-order valence-corrected chi connectivity index (χ2v) is 0. The smallest absolute Gasteiger partial charge is 0 e. The standard InChI is InChI=1S/11CH4.7Ar.3H2S/h11*1H4;;;;;;;;3*1H2/p+2. The Labute approximate surface area is 375 Å². The van der Waals surface area contributed by atoms with Crippen LogP contribution in [0.3, 0.4) is 0 Å². The molecule has 0 aliphatic heterocycles. The molecule has 0 atom stereocenters. The van der Waals surface area contributed by atoms with Crippen LogP contribution < -0.4 is 0 Å². The largest absolute Gasteiger partial charge is 0.197 e. The summed E-state index contributed by atoms with van der Waals surface area (Å²) in [6.07, 6.45) is 0. The van der Waals surface area contributed by atoms with Gasteiger partial charge in [0.1, 0.15) is 0 Å². The summed E-state index contributed by atoms with van der Waals surface area (Å²) < 4.78 is 0. The molecule has 0 radical (unpaired) electrons. The molecule has 0 aromatic rings. The number of hydrogen-bond acceptors (Lipinski definition) is 0. The predicted octanol–water partition coefficient (Wildman–Crippen LogP) is 5.50. The summed E-state index contributed by atoms with van der Waals surface area (Å²) in [4.78, 5) is 0. The van der Waals surface area contributed by atoms with Crippen LogP contribution in [0.1, 0.15) is 81.7 Å². The molecule has 0 saturated heterocycles. The quantitative estimate of drug-likeness (QED) is 0.344. The molecule has 168 valence electrons. The molecular formula is C11H52Ar7S3+2. The van der Waals surface area contributed by atoms with Gasteiger partial charge >= 0.3 is 0 Å². The molecule has 0 nitrogen and oxygen atoms in total. The fraction of sp³-hybridized carbons (Fsp3) is 1.00. The summed E-state index contributed by atoms with van der Waals surface area (Å²) in [7, 11) is 0. The summed E-state index contributed by atoms with van der Waals surface area (Å²) in [6.45, 7) is 0. The van der Waals surface area contributed by atoms with Crippen molar-refractivity contribution < 1.29 is 264 Å². The minimum atomic E-state index is 0. The van der Waals surface area contributed by atoms with Crippen LogP contribution in [0.2, 0.25) is 0 Å². The summed E-state index contributed by atoms with van der Waals surface area (Å²) in [5.41, 5.74) is 0. The van der Waals surface area contributed by atoms with E-state index in [0.29, 0.717) is 0 Å². The second-order valence-electron chi connectivity index (χ2n) is 0. The van der Waals surface area contributed by atoms with E-state index in [1.165, 1.54) is 0 Å². The molecule has 0 saturated carbocycles. The van der Waals surface area contributed by atoms with Crippen molar-refractivity contribution in [3.8, 4) is 0 Å². The van der Waals surface area contributed by atoms with Crippen LogP contribution in [-0.2, 0) is 27.0 Å². The van der Waals surface area contributed by atoms with E-state index in [2.05, 4.69) is 0 Å². The molecule has 0 heterocycles. The molecule has 0 aliphatic rings. The molecule has 21 heavy (non-hydrogen) atoms. The van der Waals surface area contributed by atoms with E-state index in [4.69, 9.17) is 0 Å². The molecule has 0 bridgehead atoms. The van der Waals surface area contributed by atoms with Crippen molar-refractivity contribution in [2.45, 2.75) is 81.7 Å². The van der Waals surface area contributed by atoms with Crippen molar-refractivity contribution in [2.75, 3.05) is 0 Å². The molecule has 0 N–H and O–H groups in total. The first-order valence-electron chi connectivity index (χ1n) is 0. The van der Waals surface area contributed by atoms with E-state index in [-0.39, 0.29) is 386 Å². The monoisotopic (exact) mass is 560 g/mol. The summed E-state index contributed by atoms with van der Waals surface area (Å²) in [5, 5.41) is 0. The van der Waals surface area contributed by atoms with Gasteiger partial charge in [0.2, 0.25) is 0 Å². The van der Waals surface area contributed by atoms with Gasteiger partial charge in [-0.15, -0.1) is 0 Å². The van der Waals surface area contributed by atoms with Gasteiger partial charge in [-0.05, 0) is 0 Å². The first-order valence-corrected chi connectivity index (χ1v) is 0. The Morgan fingerprint density at radius 3 is 0.190 bits per heavy atom. The molecule has 0 aromatic heterocycles. The fourth-order valence-corrected chi connectivity index (χ4v) is 0. The molecule has 0 fully saturated rings. The van der Waals surface area contributed by atoms with Crippen molar-refractivity contribution in [1.29, 1.82) is 0 Å². The van der Waals surface area contributed by atoms with Crippen LogP contribution in [0.15, 0.2) is 0 Å². The molecule has 0 amide bonds. The van der Waals surface area contributed by atoms with E-state index in [9.17, 15) is 0 Å². The third kappa shape index (κ3) is 238. The average Bonchev–Trinajstić information content (AvgIpc) is 0. The van der Waals surface area contributed by atoms with E-state index < -0.39 is 0 Å². The van der Waals surface area contributed by atoms with E-state index in [1.807, 2.05) is 0 Å². The maximum Gasteiger partial charge on any atom is 0 e. The Morgan fingerprint density at radius 2 is 0.190 bits per heavy atom. The zero-order valence-electron chi connectivity index (χ0n) is 4.13. The summed E-state index contributed by atoms with van der Waals surface area (Å²) in [5.74, 6) is 0. The van der Waals surface area contributed by atoms with Gasteiger partial charge in [0.15, 0.2) is 0 Å². The Morgan fingerprint density at radius 1 is 0.190 bits per heavy atom. The van der Waals surface area contributed by atoms with Crippen molar-refractivity contribution >= 4 is 40.5 Å². The van der Waals surface area contributed by atoms with Gasteiger partial charge in [0.05, 0.1) is 0 Å². The van der Waals surface area contributed by atoms with Crippen LogP contribution in [-0.4, -0.2) is 0 Å². The second kappa shape index (κ2) is 256. The first-order chi connectivity index (χ1) is 0. The van der Waals surface area contributed by atoms with Crippen molar-refractivity contribution in [3.63, 3.8) is 0 Å². The molecule has 0 spiro atoms. The zero-order chi connectivity index (χ0) is 0. The van der Waals surface area contributed by atoms with Crippen LogP contribution in [0.5, 0.6) is 0 Å². The Kier molecular flexibility index (Phi) is 3440. The van der Waals surface area contributed by atoms with E-state index in [0.717, 1.165) is 0 Å². The third-order valence-electron chi connectivity index (χ3n) is 0. The van der Waals surface area contributed by atoms with Gasteiger partial charge in [0, 0.05) is 264 Å². The van der Waals surface area contributed by atoms with Crippen LogP contribution >= 0.6 is 13.5 Å². The zero-order valence-corrected chi connectivity index (χ0v) is 12.4. The Bertz CT molecular complexity index is 29.8. The SMILES string of the molecule is C.C.C.C.C.C.C.C.C.C.C.S.[Ar].[Ar].[Ar].[Ar].[Ar].[Ar].[Ar].[SH3+].[SH3+]. The van der Waals surface area contributed by atoms with Gasteiger partial charge in [-0.3, -0.25) is 0 Å². The van der Waals surface area contributed by atoms with E-state index >= 15 is 0 Å². The fourth-order valence-electron chi connectivity index (χ4n) is 0. The normalized spacial score (nSPS) is 0. The van der Waals surface area contributed by atoms with Crippen molar-refractivity contribution in [3.05, 3.63) is 0 Å². The molecular weight excluding hydrogens is 508 g/mol. The van der Waals surface area contributed by atoms with Crippen LogP contribution in [0.25, 0.3) is 0 Å². The van der Waals surface area contributed by atoms with Gasteiger partial charge in [-0.1, -0.05) is 109 Å². The van der Waals surface area contributed by atoms with Crippen molar-refractivity contribution in [1.82, 2.24) is 0 Å². The maximum atomic E-state index is 0. The topological polar surface area (TPSA) is 0 Å². The first kappa shape index (κ1) is 283. The number of hydrogen-bond donors (Lipinski definition) is 0. The molecule has 0 rings (SSSR count). The molecule has 0 aliphatic carbocycles. The summed E-state index contributed by atoms with van der Waals surface area (Å²) >= 11 is 0. The Balaban J connectivity index is 0. The van der Waals surface area contributed by atoms with Crippen LogP contribution in [0.4, 0.5) is 0 Å². The van der Waals surface area contributed by atoms with Crippen LogP contribution in [0, 0.1) is 264 Å². The minimum absolute atomic E-state index is 0. The molecule has 0 aromatic carbocycles. The Hall–Kier alpha value is 9.87. The predicted molar refractivity (Wildman–Crippen MR) is 108 cm³/mol. The third-order valence-corrected chi connectivity index (χ3v) is 0. The minimum Gasteiger partial charge on any atom is -0.197 e. The number of rotatable bonds is 0. The van der Waals surface area contributed by atoms with Crippen molar-refractivity contribution in [2.24, 2.45) is 0 Å².